The van der Waals surface area contributed by atoms with E-state index < -0.39 is 11.6 Å². The predicted octanol–water partition coefficient (Wildman–Crippen LogP) is 2.11. The van der Waals surface area contributed by atoms with Gasteiger partial charge in [-0.05, 0) is 25.7 Å². The molecule has 3 amide bonds. The second kappa shape index (κ2) is 6.42. The summed E-state index contributed by atoms with van der Waals surface area (Å²) >= 11 is 0. The van der Waals surface area contributed by atoms with Crippen LogP contribution in [0.4, 0.5) is 9.18 Å². The van der Waals surface area contributed by atoms with Gasteiger partial charge in [-0.25, -0.2) is 9.18 Å². The van der Waals surface area contributed by atoms with Gasteiger partial charge < -0.3 is 15.5 Å². The van der Waals surface area contributed by atoms with E-state index in [1.807, 2.05) is 0 Å². The number of alkyl halides is 1. The van der Waals surface area contributed by atoms with Gasteiger partial charge in [-0.1, -0.05) is 19.3 Å². The van der Waals surface area contributed by atoms with E-state index in [1.54, 1.807) is 4.90 Å². The monoisotopic (exact) mass is 311 g/mol. The predicted molar refractivity (Wildman–Crippen MR) is 81.2 cm³/mol. The Labute approximate surface area is 131 Å². The lowest BCUT2D eigenvalue weighted by Crippen LogP contribution is -2.55. The van der Waals surface area contributed by atoms with Crippen LogP contribution >= 0.6 is 0 Å². The molecule has 1 heterocycles. The number of halogens is 1. The molecule has 2 N–H and O–H groups in total. The lowest BCUT2D eigenvalue weighted by molar-refractivity contribution is -0.135. The second-order valence-corrected chi connectivity index (χ2v) is 6.98. The summed E-state index contributed by atoms with van der Waals surface area (Å²) < 4.78 is 14.7. The summed E-state index contributed by atoms with van der Waals surface area (Å²) in [6, 6.07) is 0.334. The number of rotatable bonds is 3. The summed E-state index contributed by atoms with van der Waals surface area (Å²) in [5, 5.41) is 5.79. The van der Waals surface area contributed by atoms with Crippen LogP contribution in [0.25, 0.3) is 0 Å². The number of urea groups is 1. The van der Waals surface area contributed by atoms with Gasteiger partial charge in [-0.2, -0.15) is 0 Å². The minimum absolute atomic E-state index is 0.100. The zero-order valence-electron chi connectivity index (χ0n) is 13.1. The van der Waals surface area contributed by atoms with Crippen LogP contribution in [0.2, 0.25) is 0 Å². The minimum atomic E-state index is -1.80. The first-order valence-electron chi connectivity index (χ1n) is 8.62. The Balaban J connectivity index is 1.45. The van der Waals surface area contributed by atoms with Crippen molar-refractivity contribution < 1.29 is 14.0 Å². The molecule has 124 valence electrons. The molecule has 1 aliphatic heterocycles. The number of carbonyl (C=O) groups is 2. The summed E-state index contributed by atoms with van der Waals surface area (Å²) in [7, 11) is 0. The van der Waals surface area contributed by atoms with Crippen LogP contribution in [0.15, 0.2) is 0 Å². The van der Waals surface area contributed by atoms with Crippen molar-refractivity contribution in [3.05, 3.63) is 0 Å². The Hall–Kier alpha value is -1.33. The molecule has 0 aromatic rings. The van der Waals surface area contributed by atoms with Crippen molar-refractivity contribution in [1.82, 2.24) is 15.5 Å². The molecule has 6 heteroatoms. The molecule has 0 bridgehead atoms. The number of nitrogens with zero attached hydrogens (tertiary/aromatic N) is 1. The Morgan fingerprint density at radius 2 is 1.50 bits per heavy atom. The largest absolute Gasteiger partial charge is 0.351 e. The highest BCUT2D eigenvalue weighted by Crippen LogP contribution is 2.29. The first kappa shape index (κ1) is 15.6. The smallest absolute Gasteiger partial charge is 0.317 e. The van der Waals surface area contributed by atoms with Crippen molar-refractivity contribution in [3.63, 3.8) is 0 Å². The molecule has 1 saturated heterocycles. The average molecular weight is 311 g/mol. The molecule has 0 radical (unpaired) electrons. The lowest BCUT2D eigenvalue weighted by Gasteiger charge is -2.36. The molecule has 3 aliphatic rings. The SMILES string of the molecule is O=C(NC1CCCCC1)N1CCC(F)(C(=O)NC2CC2)CC1. The van der Waals surface area contributed by atoms with Gasteiger partial charge in [0.05, 0.1) is 0 Å². The number of hydrogen-bond acceptors (Lipinski definition) is 2. The zero-order chi connectivity index (χ0) is 15.6. The van der Waals surface area contributed by atoms with Gasteiger partial charge in [-0.3, -0.25) is 4.79 Å². The van der Waals surface area contributed by atoms with Gasteiger partial charge in [0.2, 0.25) is 0 Å². The van der Waals surface area contributed by atoms with Crippen LogP contribution in [0.1, 0.15) is 57.8 Å². The molecule has 0 aromatic heterocycles. The first-order valence-corrected chi connectivity index (χ1v) is 8.62. The standard InChI is InChI=1S/C16H26FN3O2/c17-16(14(21)18-13-6-7-13)8-10-20(11-9-16)15(22)19-12-4-2-1-3-5-12/h12-13H,1-11H2,(H,18,21)(H,19,22). The van der Waals surface area contributed by atoms with Crippen molar-refractivity contribution in [1.29, 1.82) is 0 Å². The summed E-state index contributed by atoms with van der Waals surface area (Å²) in [6.07, 6.45) is 7.77. The fraction of sp³-hybridized carbons (Fsp3) is 0.875. The van der Waals surface area contributed by atoms with E-state index in [1.165, 1.54) is 19.3 Å². The van der Waals surface area contributed by atoms with Crippen molar-refractivity contribution in [2.24, 2.45) is 0 Å². The normalized spacial score (nSPS) is 25.6. The highest BCUT2D eigenvalue weighted by atomic mass is 19.1. The topological polar surface area (TPSA) is 61.4 Å². The Kier molecular flexibility index (Phi) is 4.54. The van der Waals surface area contributed by atoms with Crippen LogP contribution in [-0.2, 0) is 4.79 Å². The molecule has 3 fully saturated rings. The molecule has 2 saturated carbocycles. The first-order chi connectivity index (χ1) is 10.6. The number of carbonyl (C=O) groups excluding carboxylic acids is 2. The van der Waals surface area contributed by atoms with E-state index in [0.29, 0.717) is 13.1 Å². The molecule has 2 aliphatic carbocycles. The van der Waals surface area contributed by atoms with E-state index in [4.69, 9.17) is 0 Å². The van der Waals surface area contributed by atoms with Gasteiger partial charge in [0.1, 0.15) is 0 Å². The van der Waals surface area contributed by atoms with Crippen LogP contribution in [0, 0.1) is 0 Å². The number of nitrogens with one attached hydrogen (secondary N) is 2. The summed E-state index contributed by atoms with van der Waals surface area (Å²) in [6.45, 7) is 0.625. The molecule has 22 heavy (non-hydrogen) atoms. The average Bonchev–Trinajstić information content (AvgIpc) is 3.33. The molecule has 0 unspecified atom stereocenters. The molecule has 3 rings (SSSR count). The number of hydrogen-bond donors (Lipinski definition) is 2. The van der Waals surface area contributed by atoms with Crippen LogP contribution < -0.4 is 10.6 Å². The minimum Gasteiger partial charge on any atom is -0.351 e. The summed E-state index contributed by atoms with van der Waals surface area (Å²) in [5.41, 5.74) is -1.80. The van der Waals surface area contributed by atoms with E-state index in [2.05, 4.69) is 10.6 Å². The van der Waals surface area contributed by atoms with Gasteiger partial charge in [0.25, 0.3) is 5.91 Å². The Morgan fingerprint density at radius 3 is 2.09 bits per heavy atom. The van der Waals surface area contributed by atoms with Crippen LogP contribution in [-0.4, -0.2) is 47.7 Å². The number of likely N-dealkylation sites (tertiary alicyclic amines) is 1. The van der Waals surface area contributed by atoms with Crippen LogP contribution in [0.5, 0.6) is 0 Å². The fourth-order valence-electron chi connectivity index (χ4n) is 3.35. The third-order valence-corrected chi connectivity index (χ3v) is 5.10. The van der Waals surface area contributed by atoms with Gasteiger partial charge in [-0.15, -0.1) is 0 Å². The van der Waals surface area contributed by atoms with Crippen molar-refractivity contribution in [2.45, 2.75) is 75.5 Å². The van der Waals surface area contributed by atoms with Crippen LogP contribution in [0.3, 0.4) is 0 Å². The zero-order valence-corrected chi connectivity index (χ0v) is 13.1. The maximum atomic E-state index is 14.7. The fourth-order valence-corrected chi connectivity index (χ4v) is 3.35. The number of amides is 3. The highest BCUT2D eigenvalue weighted by molar-refractivity contribution is 5.86. The Morgan fingerprint density at radius 1 is 0.909 bits per heavy atom. The molecule has 5 nitrogen and oxygen atoms in total. The van der Waals surface area contributed by atoms with Gasteiger partial charge >= 0.3 is 6.03 Å². The Bertz CT molecular complexity index is 425. The molecular weight excluding hydrogens is 285 g/mol. The van der Waals surface area contributed by atoms with E-state index >= 15 is 0 Å². The van der Waals surface area contributed by atoms with Gasteiger partial charge in [0, 0.05) is 38.0 Å². The molecule has 0 aromatic carbocycles. The molecule has 0 spiro atoms. The maximum Gasteiger partial charge on any atom is 0.317 e. The van der Waals surface area contributed by atoms with E-state index in [-0.39, 0.29) is 31.0 Å². The molecular formula is C16H26FN3O2. The van der Waals surface area contributed by atoms with E-state index in [0.717, 1.165) is 25.7 Å². The molecule has 0 atom stereocenters. The summed E-state index contributed by atoms with van der Waals surface area (Å²) in [4.78, 5) is 25.8. The summed E-state index contributed by atoms with van der Waals surface area (Å²) in [5.74, 6) is -0.484. The van der Waals surface area contributed by atoms with Crippen molar-refractivity contribution in [2.75, 3.05) is 13.1 Å². The van der Waals surface area contributed by atoms with Gasteiger partial charge in [0.15, 0.2) is 5.67 Å². The van der Waals surface area contributed by atoms with Crippen molar-refractivity contribution in [3.8, 4) is 0 Å². The quantitative estimate of drug-likeness (QED) is 0.838. The van der Waals surface area contributed by atoms with E-state index in [9.17, 15) is 14.0 Å². The third-order valence-electron chi connectivity index (χ3n) is 5.10. The van der Waals surface area contributed by atoms with Crippen molar-refractivity contribution >= 4 is 11.9 Å². The highest BCUT2D eigenvalue weighted by Gasteiger charge is 2.44. The lowest BCUT2D eigenvalue weighted by atomic mass is 9.92. The number of piperidine rings is 1. The second-order valence-electron chi connectivity index (χ2n) is 6.98. The third kappa shape index (κ3) is 3.70. The maximum absolute atomic E-state index is 14.7.